The van der Waals surface area contributed by atoms with Gasteiger partial charge in [0.25, 0.3) is 0 Å². The lowest BCUT2D eigenvalue weighted by atomic mass is 9.52. The van der Waals surface area contributed by atoms with E-state index in [1.165, 1.54) is 32.1 Å². The highest BCUT2D eigenvalue weighted by atomic mass is 16.3. The van der Waals surface area contributed by atoms with Crippen LogP contribution in [0.3, 0.4) is 0 Å². The van der Waals surface area contributed by atoms with Crippen LogP contribution in [0.25, 0.3) is 0 Å². The third-order valence-electron chi connectivity index (χ3n) is 11.9. The molecule has 4 saturated heterocycles. The number of quaternary nitrogens is 1. The maximum absolute atomic E-state index is 15.2. The molecule has 6 heterocycles. The number of hydrogen-bond donors (Lipinski definition) is 2. The standard InChI is InChI=1S/C34H52N2O3/c37-29-19-15-11-7-3-6-10-14-18-24-36-26-27-25-33(32(36)39)21-16-12-8-4-1-2-5-9-13-17-22-35-23-20-28(27)34(36,30(29)38)31(33)35/h5-7,9-11,15,19,27-32,37-38H,1-4,8,12-14,16-18,20-26H2/b9-5-,10-6-,11-7+,19-15+/t27?,28?,29-,30+,31?,32?,33?,34?,36?/m0/s1. The summed E-state index contributed by atoms with van der Waals surface area (Å²) in [5.74, 6) is 0.820. The van der Waals surface area contributed by atoms with E-state index in [4.69, 9.17) is 0 Å². The highest BCUT2D eigenvalue weighted by Crippen LogP contribution is 2.73. The lowest BCUT2D eigenvalue weighted by Crippen LogP contribution is -2.77. The SMILES string of the molecule is [O-]C1C23CCCCCCC/C=C\CCCN4CCC5C(C2)C[N+]12CCC/C=C\C/C=C/C=C/[C@H](O)[C@@H](O)C52C43. The van der Waals surface area contributed by atoms with Crippen molar-refractivity contribution in [2.45, 2.75) is 120 Å². The lowest BCUT2D eigenvalue weighted by molar-refractivity contribution is -1.04. The van der Waals surface area contributed by atoms with E-state index in [0.717, 1.165) is 84.0 Å². The maximum Gasteiger partial charge on any atom is 0.147 e. The third kappa shape index (κ3) is 4.37. The Labute approximate surface area is 236 Å². The number of aliphatic hydroxyl groups excluding tert-OH is 2. The molecule has 6 bridgehead atoms. The Morgan fingerprint density at radius 3 is 2.49 bits per heavy atom. The van der Waals surface area contributed by atoms with E-state index < -0.39 is 24.0 Å². The van der Waals surface area contributed by atoms with Crippen molar-refractivity contribution in [3.05, 3.63) is 48.6 Å². The van der Waals surface area contributed by atoms with Crippen molar-refractivity contribution in [2.75, 3.05) is 26.2 Å². The van der Waals surface area contributed by atoms with Crippen molar-refractivity contribution in [1.82, 2.24) is 4.90 Å². The molecule has 216 valence electrons. The van der Waals surface area contributed by atoms with E-state index in [1.54, 1.807) is 6.08 Å². The minimum atomic E-state index is -0.951. The summed E-state index contributed by atoms with van der Waals surface area (Å²) in [7, 11) is 0. The second-order valence-electron chi connectivity index (χ2n) is 13.7. The predicted molar refractivity (Wildman–Crippen MR) is 154 cm³/mol. The monoisotopic (exact) mass is 536 g/mol. The van der Waals surface area contributed by atoms with Gasteiger partial charge in [-0.3, -0.25) is 4.90 Å². The second kappa shape index (κ2) is 11.6. The van der Waals surface area contributed by atoms with Crippen LogP contribution in [0.2, 0.25) is 0 Å². The van der Waals surface area contributed by atoms with E-state index in [9.17, 15) is 10.2 Å². The summed E-state index contributed by atoms with van der Waals surface area (Å²) >= 11 is 0. The number of allylic oxidation sites excluding steroid dienone is 7. The Balaban J connectivity index is 1.45. The summed E-state index contributed by atoms with van der Waals surface area (Å²) in [6, 6.07) is 0.0659. The van der Waals surface area contributed by atoms with Crippen LogP contribution < -0.4 is 5.11 Å². The summed E-state index contributed by atoms with van der Waals surface area (Å²) in [6.45, 7) is 3.77. The van der Waals surface area contributed by atoms with Crippen molar-refractivity contribution >= 4 is 0 Å². The highest BCUT2D eigenvalue weighted by molar-refractivity contribution is 5.28. The largest absolute Gasteiger partial charge is 0.806 e. The molecule has 7 rings (SSSR count). The van der Waals surface area contributed by atoms with Gasteiger partial charge in [0, 0.05) is 23.5 Å². The topological polar surface area (TPSA) is 66.8 Å². The molecule has 6 aliphatic heterocycles. The van der Waals surface area contributed by atoms with E-state index in [2.05, 4.69) is 35.3 Å². The van der Waals surface area contributed by atoms with Crippen molar-refractivity contribution in [3.8, 4) is 0 Å². The normalized spacial score (nSPS) is 50.6. The van der Waals surface area contributed by atoms with Gasteiger partial charge < -0.3 is 19.8 Å². The Kier molecular flexibility index (Phi) is 8.27. The molecule has 7 aliphatic rings. The average molecular weight is 537 g/mol. The van der Waals surface area contributed by atoms with Crippen LogP contribution in [0.1, 0.15) is 89.9 Å². The van der Waals surface area contributed by atoms with E-state index in [-0.39, 0.29) is 11.5 Å². The molecule has 5 fully saturated rings. The first-order valence-corrected chi connectivity index (χ1v) is 16.3. The zero-order valence-corrected chi connectivity index (χ0v) is 24.0. The van der Waals surface area contributed by atoms with Gasteiger partial charge in [-0.05, 0) is 77.3 Å². The summed E-state index contributed by atoms with van der Waals surface area (Å²) in [5.41, 5.74) is -0.872. The van der Waals surface area contributed by atoms with Gasteiger partial charge in [0.15, 0.2) is 0 Å². The first kappa shape index (κ1) is 27.9. The minimum absolute atomic E-state index is 0.0659. The van der Waals surface area contributed by atoms with Crippen LogP contribution in [-0.2, 0) is 0 Å². The molecule has 9 atom stereocenters. The number of hydrogen-bond acceptors (Lipinski definition) is 4. The first-order chi connectivity index (χ1) is 19.1. The first-order valence-electron chi connectivity index (χ1n) is 16.3. The third-order valence-corrected chi connectivity index (χ3v) is 11.9. The van der Waals surface area contributed by atoms with Gasteiger partial charge in [0.1, 0.15) is 17.7 Å². The molecule has 5 nitrogen and oxygen atoms in total. The zero-order chi connectivity index (χ0) is 26.9. The summed E-state index contributed by atoms with van der Waals surface area (Å²) in [6.07, 6.45) is 29.9. The second-order valence-corrected chi connectivity index (χ2v) is 13.7. The zero-order valence-electron chi connectivity index (χ0n) is 24.0. The minimum Gasteiger partial charge on any atom is -0.806 e. The Morgan fingerprint density at radius 1 is 0.821 bits per heavy atom. The van der Waals surface area contributed by atoms with Crippen molar-refractivity contribution in [1.29, 1.82) is 0 Å². The van der Waals surface area contributed by atoms with Gasteiger partial charge in [-0.25, -0.2) is 0 Å². The fraction of sp³-hybridized carbons (Fsp3) is 0.765. The number of nitrogens with zero attached hydrogens (tertiary/aromatic N) is 2. The van der Waals surface area contributed by atoms with Crippen molar-refractivity contribution < 1.29 is 19.8 Å². The average Bonchev–Trinajstić information content (AvgIpc) is 3.22. The van der Waals surface area contributed by atoms with Gasteiger partial charge in [0.2, 0.25) is 0 Å². The van der Waals surface area contributed by atoms with E-state index >= 15 is 5.11 Å². The van der Waals surface area contributed by atoms with Crippen LogP contribution in [-0.4, -0.2) is 75.8 Å². The van der Waals surface area contributed by atoms with Crippen LogP contribution in [0.15, 0.2) is 48.6 Å². The number of aliphatic hydroxyl groups is 2. The Bertz CT molecular complexity index is 975. The van der Waals surface area contributed by atoms with Crippen molar-refractivity contribution in [2.24, 2.45) is 17.3 Å². The van der Waals surface area contributed by atoms with Gasteiger partial charge in [0.05, 0.1) is 19.1 Å². The summed E-state index contributed by atoms with van der Waals surface area (Å²) in [5, 5.41) is 39.2. The fourth-order valence-corrected chi connectivity index (χ4v) is 10.8. The lowest BCUT2D eigenvalue weighted by Gasteiger charge is -2.59. The van der Waals surface area contributed by atoms with Crippen LogP contribution in [0.4, 0.5) is 0 Å². The quantitative estimate of drug-likeness (QED) is 0.351. The van der Waals surface area contributed by atoms with E-state index in [0.29, 0.717) is 16.3 Å². The van der Waals surface area contributed by atoms with Gasteiger partial charge in [-0.15, -0.1) is 0 Å². The molecule has 7 unspecified atom stereocenters. The fourth-order valence-electron chi connectivity index (χ4n) is 10.8. The van der Waals surface area contributed by atoms with Crippen molar-refractivity contribution in [3.63, 3.8) is 0 Å². The smallest absolute Gasteiger partial charge is 0.147 e. The number of piperidine rings is 2. The maximum atomic E-state index is 15.2. The van der Waals surface area contributed by atoms with Crippen LogP contribution >= 0.6 is 0 Å². The molecule has 1 saturated carbocycles. The highest BCUT2D eigenvalue weighted by Gasteiger charge is 2.86. The molecule has 3 spiro atoms. The van der Waals surface area contributed by atoms with E-state index in [1.807, 2.05) is 12.2 Å². The molecule has 39 heavy (non-hydrogen) atoms. The molecule has 0 aromatic rings. The molecular weight excluding hydrogens is 484 g/mol. The molecule has 0 aromatic heterocycles. The molecule has 1 aliphatic carbocycles. The predicted octanol–water partition coefficient (Wildman–Crippen LogP) is 4.61. The van der Waals surface area contributed by atoms with Crippen LogP contribution in [0.5, 0.6) is 0 Å². The van der Waals surface area contributed by atoms with Crippen LogP contribution in [0, 0.1) is 17.3 Å². The Hall–Kier alpha value is -1.24. The summed E-state index contributed by atoms with van der Waals surface area (Å²) < 4.78 is 0.513. The molecule has 0 amide bonds. The molecule has 0 radical (unpaired) electrons. The molecular formula is C34H52N2O3. The summed E-state index contributed by atoms with van der Waals surface area (Å²) in [4.78, 5) is 2.67. The molecule has 2 N–H and O–H groups in total. The van der Waals surface area contributed by atoms with Gasteiger partial charge >= 0.3 is 0 Å². The van der Waals surface area contributed by atoms with Gasteiger partial charge in [-0.1, -0.05) is 74.3 Å². The Morgan fingerprint density at radius 2 is 1.59 bits per heavy atom. The molecule has 5 heteroatoms. The number of rotatable bonds is 0. The molecule has 0 aromatic carbocycles. The van der Waals surface area contributed by atoms with Gasteiger partial charge in [-0.2, -0.15) is 0 Å².